The number of aliphatic imine (C=N–C) groups is 1. The number of nitrogens with zero attached hydrogens (tertiary/aromatic N) is 1. The Labute approximate surface area is 138 Å². The van der Waals surface area contributed by atoms with Crippen LogP contribution in [0.4, 0.5) is 0 Å². The Morgan fingerprint density at radius 3 is 2.78 bits per heavy atom. The Balaban J connectivity index is 1.97. The van der Waals surface area contributed by atoms with Gasteiger partial charge < -0.3 is 15.8 Å². The van der Waals surface area contributed by atoms with Crippen LogP contribution >= 0.6 is 0 Å². The summed E-state index contributed by atoms with van der Waals surface area (Å²) in [5, 5.41) is 3.15. The highest BCUT2D eigenvalue weighted by molar-refractivity contribution is 7.92. The molecule has 6 nitrogen and oxygen atoms in total. The van der Waals surface area contributed by atoms with Gasteiger partial charge in [0, 0.05) is 12.0 Å². The van der Waals surface area contributed by atoms with Gasteiger partial charge in [-0.1, -0.05) is 18.2 Å². The number of sulfone groups is 1. The van der Waals surface area contributed by atoms with Crippen molar-refractivity contribution in [1.29, 1.82) is 0 Å². The normalized spacial score (nSPS) is 18.9. The van der Waals surface area contributed by atoms with Crippen molar-refractivity contribution in [1.82, 2.24) is 5.32 Å². The third kappa shape index (κ3) is 4.37. The fourth-order valence-corrected chi connectivity index (χ4v) is 3.25. The number of hydrogen-bond donors (Lipinski definition) is 2. The van der Waals surface area contributed by atoms with Crippen LogP contribution in [-0.4, -0.2) is 38.0 Å². The minimum absolute atomic E-state index is 0.0107. The lowest BCUT2D eigenvalue weighted by atomic mass is 10.0. The molecule has 0 amide bonds. The summed E-state index contributed by atoms with van der Waals surface area (Å²) >= 11 is 0. The highest BCUT2D eigenvalue weighted by Gasteiger charge is 2.28. The summed E-state index contributed by atoms with van der Waals surface area (Å²) in [6.07, 6.45) is 0.785. The molecular weight excluding hydrogens is 314 g/mol. The van der Waals surface area contributed by atoms with E-state index in [2.05, 4.69) is 10.3 Å². The molecule has 0 aliphatic carbocycles. The van der Waals surface area contributed by atoms with Crippen LogP contribution < -0.4 is 15.8 Å². The predicted molar refractivity (Wildman–Crippen MR) is 92.5 cm³/mol. The monoisotopic (exact) mass is 339 g/mol. The molecule has 1 aliphatic rings. The van der Waals surface area contributed by atoms with E-state index in [1.54, 1.807) is 20.8 Å². The van der Waals surface area contributed by atoms with Crippen LogP contribution in [0.5, 0.6) is 5.75 Å². The third-order valence-corrected chi connectivity index (χ3v) is 6.44. The average molecular weight is 339 g/mol. The summed E-state index contributed by atoms with van der Waals surface area (Å²) in [6.45, 7) is 5.83. The van der Waals surface area contributed by atoms with E-state index < -0.39 is 14.6 Å². The lowest BCUT2D eigenvalue weighted by Crippen LogP contribution is -2.38. The second kappa shape index (κ2) is 6.78. The number of hydrogen-bond acceptors (Lipinski definition) is 4. The molecule has 0 fully saturated rings. The molecule has 1 atom stereocenters. The summed E-state index contributed by atoms with van der Waals surface area (Å²) in [5.41, 5.74) is 6.94. The van der Waals surface area contributed by atoms with Crippen molar-refractivity contribution in [3.8, 4) is 5.75 Å². The quantitative estimate of drug-likeness (QED) is 0.642. The second-order valence-electron chi connectivity index (χ2n) is 6.57. The van der Waals surface area contributed by atoms with Crippen LogP contribution in [-0.2, 0) is 9.84 Å². The number of para-hydroxylation sites is 1. The Kier molecular flexibility index (Phi) is 5.19. The molecule has 1 aromatic rings. The lowest BCUT2D eigenvalue weighted by Gasteiger charge is -2.27. The number of fused-ring (bicyclic) bond motifs is 1. The lowest BCUT2D eigenvalue weighted by molar-refractivity contribution is 0.262. The smallest absolute Gasteiger partial charge is 0.189 e. The zero-order valence-electron chi connectivity index (χ0n) is 13.9. The minimum atomic E-state index is -3.19. The molecule has 1 heterocycles. The van der Waals surface area contributed by atoms with Gasteiger partial charge in [0.2, 0.25) is 0 Å². The molecule has 0 saturated heterocycles. The second-order valence-corrected chi connectivity index (χ2v) is 9.43. The number of nitrogens with one attached hydrogen (secondary N) is 1. The van der Waals surface area contributed by atoms with Gasteiger partial charge in [0.15, 0.2) is 15.8 Å². The maximum absolute atomic E-state index is 12.0. The SMILES string of the molecule is CC(C)(C)S(=O)(=O)CCN=C(N)NC1CCOc2ccccc21. The van der Waals surface area contributed by atoms with Crippen LogP contribution in [0.25, 0.3) is 0 Å². The molecule has 3 N–H and O–H groups in total. The van der Waals surface area contributed by atoms with Crippen molar-refractivity contribution in [2.75, 3.05) is 18.9 Å². The van der Waals surface area contributed by atoms with Crippen molar-refractivity contribution in [3.05, 3.63) is 29.8 Å². The molecule has 0 radical (unpaired) electrons. The van der Waals surface area contributed by atoms with Gasteiger partial charge in [0.05, 0.1) is 29.7 Å². The van der Waals surface area contributed by atoms with Crippen LogP contribution in [0, 0.1) is 0 Å². The van der Waals surface area contributed by atoms with Crippen molar-refractivity contribution in [2.45, 2.75) is 38.0 Å². The maximum Gasteiger partial charge on any atom is 0.189 e. The summed E-state index contributed by atoms with van der Waals surface area (Å²) < 4.78 is 28.9. The Morgan fingerprint density at radius 2 is 2.09 bits per heavy atom. The molecule has 23 heavy (non-hydrogen) atoms. The van der Waals surface area contributed by atoms with Crippen LogP contribution in [0.2, 0.25) is 0 Å². The molecule has 0 bridgehead atoms. The Bertz CT molecular complexity index is 678. The van der Waals surface area contributed by atoms with Gasteiger partial charge in [-0.05, 0) is 26.8 Å². The van der Waals surface area contributed by atoms with Crippen molar-refractivity contribution < 1.29 is 13.2 Å². The van der Waals surface area contributed by atoms with Crippen molar-refractivity contribution in [3.63, 3.8) is 0 Å². The van der Waals surface area contributed by atoms with Crippen molar-refractivity contribution >= 4 is 15.8 Å². The van der Waals surface area contributed by atoms with E-state index in [1.807, 2.05) is 24.3 Å². The largest absolute Gasteiger partial charge is 0.493 e. The maximum atomic E-state index is 12.0. The highest BCUT2D eigenvalue weighted by Crippen LogP contribution is 2.31. The third-order valence-electron chi connectivity index (χ3n) is 3.86. The van der Waals surface area contributed by atoms with E-state index in [0.29, 0.717) is 6.61 Å². The minimum Gasteiger partial charge on any atom is -0.493 e. The van der Waals surface area contributed by atoms with E-state index in [1.165, 1.54) is 0 Å². The van der Waals surface area contributed by atoms with Gasteiger partial charge >= 0.3 is 0 Å². The summed E-state index contributed by atoms with van der Waals surface area (Å²) in [5.74, 6) is 1.10. The highest BCUT2D eigenvalue weighted by atomic mass is 32.2. The molecule has 128 valence electrons. The van der Waals surface area contributed by atoms with E-state index in [0.717, 1.165) is 17.7 Å². The first kappa shape index (κ1) is 17.6. The number of ether oxygens (including phenoxy) is 1. The molecule has 2 rings (SSSR count). The first-order chi connectivity index (χ1) is 10.7. The number of benzene rings is 1. The van der Waals surface area contributed by atoms with Gasteiger partial charge in [-0.15, -0.1) is 0 Å². The molecule has 0 spiro atoms. The van der Waals surface area contributed by atoms with Gasteiger partial charge in [0.25, 0.3) is 0 Å². The Morgan fingerprint density at radius 1 is 1.39 bits per heavy atom. The molecule has 1 aliphatic heterocycles. The first-order valence-electron chi connectivity index (χ1n) is 7.71. The van der Waals surface area contributed by atoms with E-state index in [9.17, 15) is 8.42 Å². The van der Waals surface area contributed by atoms with Crippen molar-refractivity contribution in [2.24, 2.45) is 10.7 Å². The Hall–Kier alpha value is -1.76. The van der Waals surface area contributed by atoms with E-state index >= 15 is 0 Å². The molecule has 0 saturated carbocycles. The summed E-state index contributed by atoms with van der Waals surface area (Å²) in [6, 6.07) is 7.82. The van der Waals surface area contributed by atoms with Gasteiger partial charge in [-0.3, -0.25) is 4.99 Å². The van der Waals surface area contributed by atoms with Gasteiger partial charge in [0.1, 0.15) is 5.75 Å². The standard InChI is InChI=1S/C16H25N3O3S/c1-16(2,3)23(20,21)11-9-18-15(17)19-13-8-10-22-14-7-5-4-6-12(13)14/h4-7,13H,8-11H2,1-3H3,(H3,17,18,19). The molecule has 1 unspecified atom stereocenters. The van der Waals surface area contributed by atoms with Gasteiger partial charge in [-0.25, -0.2) is 8.42 Å². The number of rotatable bonds is 4. The van der Waals surface area contributed by atoms with Gasteiger partial charge in [-0.2, -0.15) is 0 Å². The summed E-state index contributed by atoms with van der Waals surface area (Å²) in [4.78, 5) is 4.15. The first-order valence-corrected chi connectivity index (χ1v) is 9.36. The van der Waals surface area contributed by atoms with Crippen LogP contribution in [0.1, 0.15) is 38.8 Å². The molecule has 7 heteroatoms. The van der Waals surface area contributed by atoms with E-state index in [4.69, 9.17) is 10.5 Å². The zero-order valence-corrected chi connectivity index (χ0v) is 14.7. The van der Waals surface area contributed by atoms with Crippen LogP contribution in [0.15, 0.2) is 29.3 Å². The topological polar surface area (TPSA) is 93.8 Å². The van der Waals surface area contributed by atoms with Crippen LogP contribution in [0.3, 0.4) is 0 Å². The summed E-state index contributed by atoms with van der Waals surface area (Å²) in [7, 11) is -3.19. The zero-order chi connectivity index (χ0) is 17.1. The molecule has 0 aromatic heterocycles. The fraction of sp³-hybridized carbons (Fsp3) is 0.562. The number of guanidine groups is 1. The molecular formula is C16H25N3O3S. The predicted octanol–water partition coefficient (Wildman–Crippen LogP) is 1.63. The van der Waals surface area contributed by atoms with E-state index in [-0.39, 0.29) is 24.3 Å². The number of nitrogens with two attached hydrogens (primary N) is 1. The fourth-order valence-electron chi connectivity index (χ4n) is 2.31. The molecule has 1 aromatic carbocycles. The average Bonchev–Trinajstić information content (AvgIpc) is 2.46.